The highest BCUT2D eigenvalue weighted by molar-refractivity contribution is 7.89. The Morgan fingerprint density at radius 2 is 1.44 bits per heavy atom. The number of piperidine rings is 1. The van der Waals surface area contributed by atoms with E-state index in [4.69, 9.17) is 0 Å². The molecule has 1 saturated heterocycles. The van der Waals surface area contributed by atoms with Crippen molar-refractivity contribution in [3.63, 3.8) is 0 Å². The third-order valence-electron chi connectivity index (χ3n) is 5.89. The Labute approximate surface area is 201 Å². The standard InChI is InChI=1S/C26H30N4O3S/c1-29(2)34(32,33)23-15-16-25(30-17-7-4-8-18-30)24(19-23)26(31)28-22-13-11-21(12-14-22)27-20-9-5-3-6-10-20/h3,5-6,9-16,19,27H,4,7-8,17-18H2,1-2H3,(H,28,31). The summed E-state index contributed by atoms with van der Waals surface area (Å²) in [7, 11) is -0.693. The van der Waals surface area contributed by atoms with Gasteiger partial charge in [0.1, 0.15) is 0 Å². The number of nitrogens with zero attached hydrogens (tertiary/aromatic N) is 2. The minimum absolute atomic E-state index is 0.103. The molecule has 1 amide bonds. The fourth-order valence-corrected chi connectivity index (χ4v) is 4.93. The first-order valence-corrected chi connectivity index (χ1v) is 12.8. The Balaban J connectivity index is 1.59. The predicted molar refractivity (Wildman–Crippen MR) is 137 cm³/mol. The van der Waals surface area contributed by atoms with Crippen LogP contribution in [0.25, 0.3) is 0 Å². The lowest BCUT2D eigenvalue weighted by atomic mass is 10.1. The van der Waals surface area contributed by atoms with Crippen LogP contribution in [-0.2, 0) is 10.0 Å². The minimum atomic E-state index is -3.66. The zero-order valence-corrected chi connectivity index (χ0v) is 20.3. The summed E-state index contributed by atoms with van der Waals surface area (Å²) in [6, 6.07) is 22.1. The van der Waals surface area contributed by atoms with Crippen LogP contribution in [0.3, 0.4) is 0 Å². The average Bonchev–Trinajstić information content (AvgIpc) is 2.86. The van der Waals surface area contributed by atoms with Gasteiger partial charge >= 0.3 is 0 Å². The van der Waals surface area contributed by atoms with Crippen molar-refractivity contribution in [1.82, 2.24) is 4.31 Å². The van der Waals surface area contributed by atoms with Crippen molar-refractivity contribution in [1.29, 1.82) is 0 Å². The molecule has 0 radical (unpaired) electrons. The SMILES string of the molecule is CN(C)S(=O)(=O)c1ccc(N2CCCCC2)c(C(=O)Nc2ccc(Nc3ccccc3)cc2)c1. The minimum Gasteiger partial charge on any atom is -0.371 e. The number of carbonyl (C=O) groups is 1. The van der Waals surface area contributed by atoms with Gasteiger partial charge in [-0.3, -0.25) is 4.79 Å². The fourth-order valence-electron chi connectivity index (χ4n) is 4.00. The first-order valence-electron chi connectivity index (χ1n) is 11.4. The second-order valence-corrected chi connectivity index (χ2v) is 10.7. The Morgan fingerprint density at radius 1 is 0.824 bits per heavy atom. The smallest absolute Gasteiger partial charge is 0.257 e. The molecule has 0 saturated carbocycles. The van der Waals surface area contributed by atoms with E-state index in [-0.39, 0.29) is 10.8 Å². The van der Waals surface area contributed by atoms with Crippen LogP contribution < -0.4 is 15.5 Å². The molecule has 8 heteroatoms. The average molecular weight is 479 g/mol. The second kappa shape index (κ2) is 10.3. The fraction of sp³-hybridized carbons (Fsp3) is 0.269. The third kappa shape index (κ3) is 5.40. The van der Waals surface area contributed by atoms with Crippen LogP contribution in [0, 0.1) is 0 Å². The normalized spacial score (nSPS) is 14.1. The number of nitrogens with one attached hydrogen (secondary N) is 2. The number of benzene rings is 3. The highest BCUT2D eigenvalue weighted by Gasteiger charge is 2.24. The zero-order valence-electron chi connectivity index (χ0n) is 19.5. The highest BCUT2D eigenvalue weighted by atomic mass is 32.2. The Hall–Kier alpha value is -3.36. The van der Waals surface area contributed by atoms with Crippen molar-refractivity contribution >= 4 is 38.7 Å². The molecule has 34 heavy (non-hydrogen) atoms. The molecule has 0 spiro atoms. The van der Waals surface area contributed by atoms with Gasteiger partial charge in [0.2, 0.25) is 10.0 Å². The summed E-state index contributed by atoms with van der Waals surface area (Å²) < 4.78 is 26.6. The van der Waals surface area contributed by atoms with Gasteiger partial charge in [-0.15, -0.1) is 0 Å². The molecule has 2 N–H and O–H groups in total. The summed E-state index contributed by atoms with van der Waals surface area (Å²) in [4.78, 5) is 15.6. The first kappa shape index (κ1) is 23.8. The number of anilines is 4. The maximum atomic E-state index is 13.3. The molecule has 1 fully saturated rings. The molecule has 3 aromatic rings. The molecule has 0 aliphatic carbocycles. The van der Waals surface area contributed by atoms with Crippen molar-refractivity contribution in [2.75, 3.05) is 42.7 Å². The summed E-state index contributed by atoms with van der Waals surface area (Å²) in [5.74, 6) is -0.333. The van der Waals surface area contributed by atoms with E-state index in [0.717, 1.165) is 53.7 Å². The topological polar surface area (TPSA) is 81.8 Å². The molecule has 1 aliphatic rings. The number of amides is 1. The molecule has 3 aromatic carbocycles. The number of para-hydroxylation sites is 1. The van der Waals surface area contributed by atoms with E-state index in [1.54, 1.807) is 12.1 Å². The van der Waals surface area contributed by atoms with Crippen molar-refractivity contribution in [2.45, 2.75) is 24.2 Å². The lowest BCUT2D eigenvalue weighted by Gasteiger charge is -2.30. The summed E-state index contributed by atoms with van der Waals surface area (Å²) in [5, 5.41) is 6.25. The molecule has 0 atom stereocenters. The quantitative estimate of drug-likeness (QED) is 0.504. The second-order valence-electron chi connectivity index (χ2n) is 8.54. The monoisotopic (exact) mass is 478 g/mol. The van der Waals surface area contributed by atoms with Gasteiger partial charge in [0.15, 0.2) is 0 Å². The number of hydrogen-bond acceptors (Lipinski definition) is 5. The van der Waals surface area contributed by atoms with Gasteiger partial charge < -0.3 is 15.5 Å². The van der Waals surface area contributed by atoms with E-state index in [2.05, 4.69) is 15.5 Å². The van der Waals surface area contributed by atoms with Gasteiger partial charge in [0, 0.05) is 49.9 Å². The predicted octanol–water partition coefficient (Wildman–Crippen LogP) is 4.92. The maximum Gasteiger partial charge on any atom is 0.257 e. The van der Waals surface area contributed by atoms with Gasteiger partial charge in [-0.1, -0.05) is 18.2 Å². The number of sulfonamides is 1. The van der Waals surface area contributed by atoms with Crippen LogP contribution in [0.15, 0.2) is 77.7 Å². The number of hydrogen-bond donors (Lipinski definition) is 2. The van der Waals surface area contributed by atoms with Gasteiger partial charge in [-0.2, -0.15) is 0 Å². The van der Waals surface area contributed by atoms with Gasteiger partial charge in [-0.25, -0.2) is 12.7 Å². The van der Waals surface area contributed by atoms with Gasteiger partial charge in [0.25, 0.3) is 5.91 Å². The lowest BCUT2D eigenvalue weighted by Crippen LogP contribution is -2.32. The molecule has 0 unspecified atom stereocenters. The summed E-state index contributed by atoms with van der Waals surface area (Å²) >= 11 is 0. The Kier molecular flexibility index (Phi) is 7.19. The van der Waals surface area contributed by atoms with E-state index in [1.165, 1.54) is 20.2 Å². The molecular weight excluding hydrogens is 448 g/mol. The lowest BCUT2D eigenvalue weighted by molar-refractivity contribution is 0.102. The van der Waals surface area contributed by atoms with E-state index in [0.29, 0.717) is 11.3 Å². The van der Waals surface area contributed by atoms with Crippen molar-refractivity contribution in [2.24, 2.45) is 0 Å². The molecular formula is C26H30N4O3S. The summed E-state index contributed by atoms with van der Waals surface area (Å²) in [5.41, 5.74) is 3.63. The van der Waals surface area contributed by atoms with Gasteiger partial charge in [0.05, 0.1) is 10.5 Å². The number of rotatable bonds is 7. The molecule has 178 valence electrons. The van der Waals surface area contributed by atoms with Crippen LogP contribution in [0.1, 0.15) is 29.6 Å². The van der Waals surface area contributed by atoms with Crippen molar-refractivity contribution < 1.29 is 13.2 Å². The van der Waals surface area contributed by atoms with E-state index in [9.17, 15) is 13.2 Å². The molecule has 1 aliphatic heterocycles. The maximum absolute atomic E-state index is 13.3. The molecule has 0 bridgehead atoms. The molecule has 7 nitrogen and oxygen atoms in total. The van der Waals surface area contributed by atoms with Crippen LogP contribution in [0.2, 0.25) is 0 Å². The zero-order chi connectivity index (χ0) is 24.1. The highest BCUT2D eigenvalue weighted by Crippen LogP contribution is 2.29. The summed E-state index contributed by atoms with van der Waals surface area (Å²) in [6.07, 6.45) is 3.26. The van der Waals surface area contributed by atoms with Crippen molar-refractivity contribution in [3.8, 4) is 0 Å². The molecule has 0 aromatic heterocycles. The summed E-state index contributed by atoms with van der Waals surface area (Å²) in [6.45, 7) is 1.69. The largest absolute Gasteiger partial charge is 0.371 e. The molecule has 1 heterocycles. The first-order chi connectivity index (χ1) is 16.3. The number of carbonyl (C=O) groups excluding carboxylic acids is 1. The van der Waals surface area contributed by atoms with Crippen LogP contribution >= 0.6 is 0 Å². The van der Waals surface area contributed by atoms with Crippen molar-refractivity contribution in [3.05, 3.63) is 78.4 Å². The van der Waals surface area contributed by atoms with E-state index >= 15 is 0 Å². The van der Waals surface area contributed by atoms with E-state index in [1.807, 2.05) is 54.6 Å². The van der Waals surface area contributed by atoms with Crippen LogP contribution in [-0.4, -0.2) is 45.8 Å². The van der Waals surface area contributed by atoms with Crippen LogP contribution in [0.4, 0.5) is 22.7 Å². The van der Waals surface area contributed by atoms with Gasteiger partial charge in [-0.05, 0) is 73.9 Å². The Morgan fingerprint density at radius 3 is 2.09 bits per heavy atom. The van der Waals surface area contributed by atoms with E-state index < -0.39 is 10.0 Å². The third-order valence-corrected chi connectivity index (χ3v) is 7.70. The molecule has 4 rings (SSSR count). The van der Waals surface area contributed by atoms with Crippen LogP contribution in [0.5, 0.6) is 0 Å². The Bertz CT molecular complexity index is 1240.